The summed E-state index contributed by atoms with van der Waals surface area (Å²) in [7, 11) is 0. The Bertz CT molecular complexity index is 858. The zero-order valence-corrected chi connectivity index (χ0v) is 12.2. The van der Waals surface area contributed by atoms with Crippen LogP contribution in [0.5, 0.6) is 0 Å². The molecule has 0 spiro atoms. The lowest BCUT2D eigenvalue weighted by Crippen LogP contribution is -2.13. The molecule has 0 saturated heterocycles. The number of hydrogen-bond donors (Lipinski definition) is 0. The SMILES string of the molecule is O=C(c1cc(-c2ccccc2)ccc1-c1ccccc1)[N+](=O)[O-]. The van der Waals surface area contributed by atoms with Gasteiger partial charge in [0, 0.05) is 0 Å². The van der Waals surface area contributed by atoms with Crippen molar-refractivity contribution < 1.29 is 9.72 Å². The Labute approximate surface area is 133 Å². The summed E-state index contributed by atoms with van der Waals surface area (Å²) in [6.45, 7) is 0. The molecule has 1 amide bonds. The van der Waals surface area contributed by atoms with E-state index in [9.17, 15) is 14.9 Å². The maximum atomic E-state index is 12.0. The van der Waals surface area contributed by atoms with Gasteiger partial charge in [0.25, 0.3) is 0 Å². The van der Waals surface area contributed by atoms with Crippen LogP contribution in [0.2, 0.25) is 0 Å². The van der Waals surface area contributed by atoms with Crippen LogP contribution in [0, 0.1) is 10.1 Å². The van der Waals surface area contributed by atoms with Crippen molar-refractivity contribution in [3.63, 3.8) is 0 Å². The average Bonchev–Trinajstić information content (AvgIpc) is 2.62. The Hall–Kier alpha value is -3.27. The minimum Gasteiger partial charge on any atom is -0.255 e. The summed E-state index contributed by atoms with van der Waals surface area (Å²) in [6.07, 6.45) is 0. The van der Waals surface area contributed by atoms with Crippen molar-refractivity contribution in [2.24, 2.45) is 0 Å². The Kier molecular flexibility index (Phi) is 3.97. The van der Waals surface area contributed by atoms with E-state index in [0.717, 1.165) is 16.7 Å². The monoisotopic (exact) mass is 303 g/mol. The first-order chi connectivity index (χ1) is 11.2. The minimum absolute atomic E-state index is 0.0996. The van der Waals surface area contributed by atoms with Crippen LogP contribution in [0.4, 0.5) is 0 Å². The van der Waals surface area contributed by atoms with Crippen molar-refractivity contribution in [3.8, 4) is 22.3 Å². The van der Waals surface area contributed by atoms with E-state index in [-0.39, 0.29) is 5.56 Å². The fraction of sp³-hybridized carbons (Fsp3) is 0. The summed E-state index contributed by atoms with van der Waals surface area (Å²) in [5.41, 5.74) is 3.12. The molecule has 4 heteroatoms. The van der Waals surface area contributed by atoms with E-state index in [1.807, 2.05) is 66.7 Å². The number of nitro groups is 1. The molecule has 3 aromatic carbocycles. The molecule has 0 fully saturated rings. The molecule has 0 aromatic heterocycles. The standard InChI is InChI=1S/C19H13NO3/c21-19(20(22)23)18-13-16(14-7-3-1-4-8-14)11-12-17(18)15-9-5-2-6-10-15/h1-13H. The lowest BCUT2D eigenvalue weighted by molar-refractivity contribution is -0.375. The van der Waals surface area contributed by atoms with Gasteiger partial charge >= 0.3 is 5.91 Å². The highest BCUT2D eigenvalue weighted by atomic mass is 16.6. The number of carbonyl (C=O) groups excluding carboxylic acids is 1. The second-order valence-corrected chi connectivity index (χ2v) is 5.05. The van der Waals surface area contributed by atoms with Gasteiger partial charge in [-0.1, -0.05) is 72.8 Å². The summed E-state index contributed by atoms with van der Waals surface area (Å²) in [5.74, 6) is -1.10. The van der Waals surface area contributed by atoms with Crippen molar-refractivity contribution in [3.05, 3.63) is 94.5 Å². The second kappa shape index (κ2) is 6.23. The molecule has 3 aromatic rings. The molecule has 0 bridgehead atoms. The molecule has 4 nitrogen and oxygen atoms in total. The molecule has 0 radical (unpaired) electrons. The van der Waals surface area contributed by atoms with Gasteiger partial charge in [-0.25, -0.2) is 4.79 Å². The predicted molar refractivity (Wildman–Crippen MR) is 88.6 cm³/mol. The predicted octanol–water partition coefficient (Wildman–Crippen LogP) is 4.44. The molecule has 0 saturated carbocycles. The maximum Gasteiger partial charge on any atom is 0.477 e. The summed E-state index contributed by atoms with van der Waals surface area (Å²) in [6, 6.07) is 23.9. The van der Waals surface area contributed by atoms with E-state index in [2.05, 4.69) is 0 Å². The van der Waals surface area contributed by atoms with E-state index in [4.69, 9.17) is 0 Å². The molecule has 0 unspecified atom stereocenters. The number of carbonyl (C=O) groups is 1. The third-order valence-corrected chi connectivity index (χ3v) is 3.61. The van der Waals surface area contributed by atoms with Gasteiger partial charge in [0.15, 0.2) is 0 Å². The number of rotatable bonds is 3. The first-order valence-corrected chi connectivity index (χ1v) is 7.10. The molecule has 3 rings (SSSR count). The first-order valence-electron chi connectivity index (χ1n) is 7.10. The third-order valence-electron chi connectivity index (χ3n) is 3.61. The van der Waals surface area contributed by atoms with E-state index < -0.39 is 10.8 Å². The van der Waals surface area contributed by atoms with Crippen molar-refractivity contribution in [1.29, 1.82) is 0 Å². The lowest BCUT2D eigenvalue weighted by atomic mass is 9.94. The number of benzene rings is 3. The third kappa shape index (κ3) is 3.01. The summed E-state index contributed by atoms with van der Waals surface area (Å²) in [5, 5.41) is 11.0. The van der Waals surface area contributed by atoms with Crippen molar-refractivity contribution in [2.45, 2.75) is 0 Å². The van der Waals surface area contributed by atoms with Gasteiger partial charge in [-0.05, 0) is 28.3 Å². The smallest absolute Gasteiger partial charge is 0.255 e. The van der Waals surface area contributed by atoms with Gasteiger partial charge in [0.2, 0.25) is 0 Å². The van der Waals surface area contributed by atoms with Crippen LogP contribution in [0.3, 0.4) is 0 Å². The molecule has 0 aliphatic rings. The Morgan fingerprint density at radius 1 is 0.739 bits per heavy atom. The van der Waals surface area contributed by atoms with Crippen molar-refractivity contribution in [2.75, 3.05) is 0 Å². The maximum absolute atomic E-state index is 12.0. The molecule has 0 heterocycles. The van der Waals surface area contributed by atoms with E-state index in [1.165, 1.54) is 0 Å². The van der Waals surface area contributed by atoms with Crippen LogP contribution < -0.4 is 0 Å². The van der Waals surface area contributed by atoms with Gasteiger partial charge < -0.3 is 0 Å². The summed E-state index contributed by atoms with van der Waals surface area (Å²) in [4.78, 5) is 22.1. The normalized spacial score (nSPS) is 10.3. The first kappa shape index (κ1) is 14.7. The van der Waals surface area contributed by atoms with Crippen LogP contribution in [-0.4, -0.2) is 10.8 Å². The topological polar surface area (TPSA) is 60.2 Å². The quantitative estimate of drug-likeness (QED) is 0.531. The van der Waals surface area contributed by atoms with Gasteiger partial charge in [-0.2, -0.15) is 0 Å². The highest BCUT2D eigenvalue weighted by Crippen LogP contribution is 2.29. The number of amides is 1. The lowest BCUT2D eigenvalue weighted by Gasteiger charge is -2.08. The molecular weight excluding hydrogens is 290 g/mol. The Morgan fingerprint density at radius 3 is 1.87 bits per heavy atom. The van der Waals surface area contributed by atoms with Crippen LogP contribution >= 0.6 is 0 Å². The largest absolute Gasteiger partial charge is 0.477 e. The van der Waals surface area contributed by atoms with E-state index >= 15 is 0 Å². The second-order valence-electron chi connectivity index (χ2n) is 5.05. The van der Waals surface area contributed by atoms with Gasteiger partial charge in [-0.15, -0.1) is 0 Å². The zero-order valence-electron chi connectivity index (χ0n) is 12.2. The number of nitrogens with zero attached hydrogens (tertiary/aromatic N) is 1. The minimum atomic E-state index is -1.10. The van der Waals surface area contributed by atoms with Gasteiger partial charge in [0.1, 0.15) is 10.5 Å². The molecule has 0 atom stereocenters. The van der Waals surface area contributed by atoms with E-state index in [1.54, 1.807) is 12.1 Å². The van der Waals surface area contributed by atoms with Crippen LogP contribution in [0.1, 0.15) is 10.4 Å². The fourth-order valence-corrected chi connectivity index (χ4v) is 2.50. The highest BCUT2D eigenvalue weighted by molar-refractivity contribution is 5.97. The average molecular weight is 303 g/mol. The van der Waals surface area contributed by atoms with Gasteiger partial charge in [0.05, 0.1) is 0 Å². The van der Waals surface area contributed by atoms with Gasteiger partial charge in [-0.3, -0.25) is 10.1 Å². The van der Waals surface area contributed by atoms with E-state index in [0.29, 0.717) is 5.56 Å². The Balaban J connectivity index is 2.18. The molecule has 0 aliphatic heterocycles. The van der Waals surface area contributed by atoms with Crippen LogP contribution in [-0.2, 0) is 0 Å². The van der Waals surface area contributed by atoms with Crippen LogP contribution in [0.15, 0.2) is 78.9 Å². The van der Waals surface area contributed by atoms with Crippen molar-refractivity contribution >= 4 is 5.91 Å². The fourth-order valence-electron chi connectivity index (χ4n) is 2.50. The molecule has 0 aliphatic carbocycles. The Morgan fingerprint density at radius 2 is 1.30 bits per heavy atom. The molecule has 0 N–H and O–H groups in total. The molecular formula is C19H13NO3. The summed E-state index contributed by atoms with van der Waals surface area (Å²) < 4.78 is 0. The summed E-state index contributed by atoms with van der Waals surface area (Å²) >= 11 is 0. The highest BCUT2D eigenvalue weighted by Gasteiger charge is 2.23. The van der Waals surface area contributed by atoms with Crippen molar-refractivity contribution in [1.82, 2.24) is 0 Å². The molecule has 112 valence electrons. The van der Waals surface area contributed by atoms with Crippen LogP contribution in [0.25, 0.3) is 22.3 Å². The molecule has 23 heavy (non-hydrogen) atoms. The zero-order chi connectivity index (χ0) is 16.2. The number of hydrogen-bond acceptors (Lipinski definition) is 3.